The summed E-state index contributed by atoms with van der Waals surface area (Å²) in [7, 11) is 1.94. The second-order valence-electron chi connectivity index (χ2n) is 8.34. The van der Waals surface area contributed by atoms with Crippen LogP contribution in [-0.2, 0) is 0 Å². The fourth-order valence-electron chi connectivity index (χ4n) is 4.33. The summed E-state index contributed by atoms with van der Waals surface area (Å²) < 4.78 is 0. The molecule has 4 rings (SSSR count). The van der Waals surface area contributed by atoms with E-state index in [-0.39, 0.29) is 17.9 Å². The minimum absolute atomic E-state index is 0.0629. The number of rotatable bonds is 4. The maximum Gasteiger partial charge on any atom is 0.258 e. The van der Waals surface area contributed by atoms with Gasteiger partial charge in [-0.3, -0.25) is 9.59 Å². The number of hydrogen-bond donors (Lipinski definition) is 2. The van der Waals surface area contributed by atoms with Crippen LogP contribution in [0.25, 0.3) is 0 Å². The van der Waals surface area contributed by atoms with Crippen molar-refractivity contribution >= 4 is 34.8 Å². The number of anilines is 2. The highest BCUT2D eigenvalue weighted by molar-refractivity contribution is 6.30. The summed E-state index contributed by atoms with van der Waals surface area (Å²) in [6.07, 6.45) is 2.95. The zero-order valence-electron chi connectivity index (χ0n) is 18.9. The molecule has 3 aromatic rings. The van der Waals surface area contributed by atoms with Crippen LogP contribution >= 0.6 is 11.6 Å². The molecule has 170 valence electrons. The van der Waals surface area contributed by atoms with E-state index < -0.39 is 0 Å². The van der Waals surface area contributed by atoms with Crippen LogP contribution < -0.4 is 15.5 Å². The predicted molar refractivity (Wildman–Crippen MR) is 134 cm³/mol. The topological polar surface area (TPSA) is 61.4 Å². The van der Waals surface area contributed by atoms with E-state index in [1.54, 1.807) is 30.3 Å². The van der Waals surface area contributed by atoms with Gasteiger partial charge >= 0.3 is 0 Å². The lowest BCUT2D eigenvalue weighted by Crippen LogP contribution is -2.35. The smallest absolute Gasteiger partial charge is 0.258 e. The standard InChI is InChI=1S/C27H28ClN3O2/c1-18-7-3-4-8-22(18)26(32)30-21-13-10-19(11-14-21)27(33)31-16-6-5-9-24(29-2)23-17-20(28)12-15-25(23)31/h3-4,7-8,10-15,17,24,29H,5-6,9,16H2,1-2H3,(H,30,32). The molecule has 0 aliphatic carbocycles. The molecule has 1 unspecified atom stereocenters. The highest BCUT2D eigenvalue weighted by Gasteiger charge is 2.25. The van der Waals surface area contributed by atoms with Gasteiger partial charge < -0.3 is 15.5 Å². The third-order valence-electron chi connectivity index (χ3n) is 6.15. The molecular weight excluding hydrogens is 434 g/mol. The van der Waals surface area contributed by atoms with E-state index in [1.165, 1.54) is 0 Å². The van der Waals surface area contributed by atoms with Gasteiger partial charge in [-0.2, -0.15) is 0 Å². The summed E-state index contributed by atoms with van der Waals surface area (Å²) in [5, 5.41) is 6.93. The minimum atomic E-state index is -0.167. The number of carbonyl (C=O) groups excluding carboxylic acids is 2. The molecule has 1 heterocycles. The van der Waals surface area contributed by atoms with Crippen molar-refractivity contribution in [3.63, 3.8) is 0 Å². The average molecular weight is 462 g/mol. The molecule has 6 heteroatoms. The van der Waals surface area contributed by atoms with Crippen LogP contribution in [0.1, 0.15) is 57.1 Å². The normalized spacial score (nSPS) is 15.8. The summed E-state index contributed by atoms with van der Waals surface area (Å²) in [6, 6.07) is 20.4. The zero-order valence-corrected chi connectivity index (χ0v) is 19.7. The number of hydrogen-bond acceptors (Lipinski definition) is 3. The summed E-state index contributed by atoms with van der Waals surface area (Å²) in [5.41, 5.74) is 4.70. The van der Waals surface area contributed by atoms with Crippen molar-refractivity contribution < 1.29 is 9.59 Å². The number of carbonyl (C=O) groups is 2. The molecule has 5 nitrogen and oxygen atoms in total. The fraction of sp³-hybridized carbons (Fsp3) is 0.259. The highest BCUT2D eigenvalue weighted by atomic mass is 35.5. The number of fused-ring (bicyclic) bond motifs is 1. The quantitative estimate of drug-likeness (QED) is 0.501. The molecule has 2 amide bonds. The Kier molecular flexibility index (Phi) is 7.11. The van der Waals surface area contributed by atoms with Gasteiger partial charge in [0.25, 0.3) is 11.8 Å². The first-order valence-electron chi connectivity index (χ1n) is 11.2. The Bertz CT molecular complexity index is 1160. The van der Waals surface area contributed by atoms with Crippen molar-refractivity contribution in [2.45, 2.75) is 32.2 Å². The Morgan fingerprint density at radius 1 is 1.00 bits per heavy atom. The molecule has 0 spiro atoms. The lowest BCUT2D eigenvalue weighted by Gasteiger charge is -2.31. The number of nitrogens with one attached hydrogen (secondary N) is 2. The summed E-state index contributed by atoms with van der Waals surface area (Å²) in [4.78, 5) is 27.9. The maximum atomic E-state index is 13.5. The molecule has 2 N–H and O–H groups in total. The number of halogens is 1. The SMILES string of the molecule is CNC1CCCCN(C(=O)c2ccc(NC(=O)c3ccccc3C)cc2)c2ccc(Cl)cc21. The molecule has 0 saturated heterocycles. The summed E-state index contributed by atoms with van der Waals surface area (Å²) in [6.45, 7) is 2.55. The van der Waals surface area contributed by atoms with Crippen LogP contribution in [0.3, 0.4) is 0 Å². The van der Waals surface area contributed by atoms with E-state index >= 15 is 0 Å². The van der Waals surface area contributed by atoms with Crippen molar-refractivity contribution in [2.75, 3.05) is 23.8 Å². The van der Waals surface area contributed by atoms with Crippen LogP contribution in [-0.4, -0.2) is 25.4 Å². The van der Waals surface area contributed by atoms with Gasteiger partial charge in [0.15, 0.2) is 0 Å². The molecule has 1 aliphatic heterocycles. The Morgan fingerprint density at radius 3 is 2.48 bits per heavy atom. The Labute approximate surface area is 199 Å². The molecule has 0 saturated carbocycles. The van der Waals surface area contributed by atoms with Gasteiger partial charge in [0.2, 0.25) is 0 Å². The average Bonchev–Trinajstić information content (AvgIpc) is 2.81. The van der Waals surface area contributed by atoms with Crippen molar-refractivity contribution in [1.82, 2.24) is 5.32 Å². The van der Waals surface area contributed by atoms with Crippen LogP contribution in [0.15, 0.2) is 66.7 Å². The van der Waals surface area contributed by atoms with E-state index in [2.05, 4.69) is 10.6 Å². The van der Waals surface area contributed by atoms with E-state index in [4.69, 9.17) is 11.6 Å². The Balaban J connectivity index is 1.56. The lowest BCUT2D eigenvalue weighted by molar-refractivity contribution is 0.0984. The summed E-state index contributed by atoms with van der Waals surface area (Å²) in [5.74, 6) is -0.230. The van der Waals surface area contributed by atoms with Crippen molar-refractivity contribution in [3.05, 3.63) is 94.0 Å². The van der Waals surface area contributed by atoms with Gasteiger partial charge in [-0.05, 0) is 92.9 Å². The van der Waals surface area contributed by atoms with E-state index in [1.807, 2.05) is 55.3 Å². The second kappa shape index (κ2) is 10.2. The molecule has 1 aliphatic rings. The molecule has 0 radical (unpaired) electrons. The first kappa shape index (κ1) is 23.0. The first-order valence-corrected chi connectivity index (χ1v) is 11.6. The Hall–Kier alpha value is -3.15. The van der Waals surface area contributed by atoms with Gasteiger partial charge in [-0.1, -0.05) is 29.8 Å². The minimum Gasteiger partial charge on any atom is -0.322 e. The molecule has 33 heavy (non-hydrogen) atoms. The third kappa shape index (κ3) is 5.10. The number of nitrogens with zero attached hydrogens (tertiary/aromatic N) is 1. The largest absolute Gasteiger partial charge is 0.322 e. The van der Waals surface area contributed by atoms with Gasteiger partial charge in [0, 0.05) is 40.1 Å². The third-order valence-corrected chi connectivity index (χ3v) is 6.39. The fourth-order valence-corrected chi connectivity index (χ4v) is 4.51. The van der Waals surface area contributed by atoms with Gasteiger partial charge in [-0.15, -0.1) is 0 Å². The molecular formula is C27H28ClN3O2. The van der Waals surface area contributed by atoms with Crippen LogP contribution in [0, 0.1) is 6.92 Å². The number of aryl methyl sites for hydroxylation is 1. The molecule has 0 bridgehead atoms. The van der Waals surface area contributed by atoms with Crippen LogP contribution in [0.5, 0.6) is 0 Å². The summed E-state index contributed by atoms with van der Waals surface area (Å²) >= 11 is 6.28. The van der Waals surface area contributed by atoms with Crippen LogP contribution in [0.4, 0.5) is 11.4 Å². The van der Waals surface area contributed by atoms with Gasteiger partial charge in [0.05, 0.1) is 0 Å². The van der Waals surface area contributed by atoms with Crippen LogP contribution in [0.2, 0.25) is 5.02 Å². The first-order chi connectivity index (χ1) is 16.0. The van der Waals surface area contributed by atoms with E-state index in [9.17, 15) is 9.59 Å². The van der Waals surface area contributed by atoms with Crippen molar-refractivity contribution in [2.24, 2.45) is 0 Å². The highest BCUT2D eigenvalue weighted by Crippen LogP contribution is 2.35. The monoisotopic (exact) mass is 461 g/mol. The molecule has 3 aromatic carbocycles. The van der Waals surface area contributed by atoms with E-state index in [0.29, 0.717) is 28.4 Å². The predicted octanol–water partition coefficient (Wildman–Crippen LogP) is 5.99. The number of amides is 2. The molecule has 1 atom stereocenters. The van der Waals surface area contributed by atoms with Gasteiger partial charge in [-0.25, -0.2) is 0 Å². The number of benzene rings is 3. The van der Waals surface area contributed by atoms with Crippen molar-refractivity contribution in [1.29, 1.82) is 0 Å². The molecule has 0 aromatic heterocycles. The lowest BCUT2D eigenvalue weighted by atomic mass is 9.95. The Morgan fingerprint density at radius 2 is 1.76 bits per heavy atom. The maximum absolute atomic E-state index is 13.5. The second-order valence-corrected chi connectivity index (χ2v) is 8.78. The van der Waals surface area contributed by atoms with E-state index in [0.717, 1.165) is 36.1 Å². The molecule has 0 fully saturated rings. The zero-order chi connectivity index (χ0) is 23.4. The van der Waals surface area contributed by atoms with Gasteiger partial charge in [0.1, 0.15) is 0 Å². The van der Waals surface area contributed by atoms with Crippen molar-refractivity contribution in [3.8, 4) is 0 Å².